The summed E-state index contributed by atoms with van der Waals surface area (Å²) >= 11 is 0. The molecule has 0 saturated carbocycles. The van der Waals surface area contributed by atoms with Crippen LogP contribution in [-0.4, -0.2) is 33.5 Å². The molecule has 0 radical (unpaired) electrons. The summed E-state index contributed by atoms with van der Waals surface area (Å²) in [4.78, 5) is 18.6. The van der Waals surface area contributed by atoms with Crippen LogP contribution in [0.5, 0.6) is 0 Å². The van der Waals surface area contributed by atoms with Gasteiger partial charge < -0.3 is 21.1 Å². The van der Waals surface area contributed by atoms with E-state index in [1.807, 2.05) is 6.92 Å². The predicted octanol–water partition coefficient (Wildman–Crippen LogP) is 0.811. The van der Waals surface area contributed by atoms with Crippen molar-refractivity contribution in [2.75, 3.05) is 0 Å². The molecule has 1 atom stereocenters. The first-order valence-corrected chi connectivity index (χ1v) is 3.82. The zero-order valence-corrected chi connectivity index (χ0v) is 7.43. The Morgan fingerprint density at radius 1 is 1.31 bits per heavy atom. The highest BCUT2D eigenvalue weighted by Crippen LogP contribution is 1.96. The quantitative estimate of drug-likeness (QED) is 0.524. The highest BCUT2D eigenvalue weighted by molar-refractivity contribution is 5.72. The Balaban J connectivity index is 0. The summed E-state index contributed by atoms with van der Waals surface area (Å²) in [5.74, 6) is -0.900. The number of rotatable bonds is 4. The van der Waals surface area contributed by atoms with Crippen LogP contribution >= 0.6 is 0 Å². The van der Waals surface area contributed by atoms with Crippen molar-refractivity contribution >= 4 is 12.1 Å². The van der Waals surface area contributed by atoms with Crippen LogP contribution in [0.3, 0.4) is 0 Å². The molecule has 13 heavy (non-hydrogen) atoms. The summed E-state index contributed by atoms with van der Waals surface area (Å²) in [5, 5.41) is 22.2. The first-order valence-electron chi connectivity index (χ1n) is 3.82. The largest absolute Gasteiger partial charge is 0.503 e. The number of hydrogen-bond acceptors (Lipinski definition) is 3. The number of carbonyl (C=O) groups is 2. The second-order valence-electron chi connectivity index (χ2n) is 2.37. The third kappa shape index (κ3) is 18.0. The minimum atomic E-state index is -1.83. The molecule has 0 aliphatic carbocycles. The lowest BCUT2D eigenvalue weighted by Crippen LogP contribution is -2.29. The average Bonchev–Trinajstić information content (AvgIpc) is 1.98. The highest BCUT2D eigenvalue weighted by atomic mass is 16.6. The van der Waals surface area contributed by atoms with Crippen LogP contribution in [0, 0.1) is 0 Å². The van der Waals surface area contributed by atoms with Crippen LogP contribution < -0.4 is 5.73 Å². The van der Waals surface area contributed by atoms with E-state index in [1.165, 1.54) is 0 Å². The molecule has 0 aromatic heterocycles. The Morgan fingerprint density at radius 3 is 1.92 bits per heavy atom. The standard InChI is InChI=1S/C6H13NO2.CH2O3/c1-2-3-4-5(7)6(8)9;2-1(3)4/h5H,2-4,7H2,1H3,(H,8,9);(H2,2,3,4). The van der Waals surface area contributed by atoms with Crippen LogP contribution in [0.15, 0.2) is 0 Å². The van der Waals surface area contributed by atoms with E-state index < -0.39 is 18.2 Å². The first-order chi connectivity index (χ1) is 5.91. The third-order valence-electron chi connectivity index (χ3n) is 1.19. The number of hydrogen-bond donors (Lipinski definition) is 4. The van der Waals surface area contributed by atoms with E-state index in [9.17, 15) is 4.79 Å². The fourth-order valence-corrected chi connectivity index (χ4v) is 0.548. The molecule has 0 aromatic rings. The van der Waals surface area contributed by atoms with Crippen molar-refractivity contribution < 1.29 is 24.9 Å². The van der Waals surface area contributed by atoms with Gasteiger partial charge in [-0.1, -0.05) is 19.8 Å². The smallest absolute Gasteiger partial charge is 0.480 e. The molecule has 78 valence electrons. The molecule has 1 unspecified atom stereocenters. The van der Waals surface area contributed by atoms with Gasteiger partial charge in [-0.2, -0.15) is 0 Å². The summed E-state index contributed by atoms with van der Waals surface area (Å²) in [5.41, 5.74) is 5.20. The Bertz CT molecular complexity index is 155. The van der Waals surface area contributed by atoms with Gasteiger partial charge in [0.1, 0.15) is 6.04 Å². The van der Waals surface area contributed by atoms with Gasteiger partial charge in [-0.15, -0.1) is 0 Å². The van der Waals surface area contributed by atoms with Crippen LogP contribution in [0.4, 0.5) is 4.79 Å². The van der Waals surface area contributed by atoms with Gasteiger partial charge in [0.15, 0.2) is 0 Å². The molecule has 0 fully saturated rings. The number of aliphatic carboxylic acids is 1. The summed E-state index contributed by atoms with van der Waals surface area (Å²) in [6.45, 7) is 2.01. The van der Waals surface area contributed by atoms with E-state index in [-0.39, 0.29) is 0 Å². The molecule has 0 saturated heterocycles. The van der Waals surface area contributed by atoms with Crippen LogP contribution in [-0.2, 0) is 4.79 Å². The SMILES string of the molecule is CCCCC(N)C(=O)O.O=C(O)O. The van der Waals surface area contributed by atoms with Gasteiger partial charge in [-0.3, -0.25) is 4.79 Å². The Kier molecular flexibility index (Phi) is 9.63. The van der Waals surface area contributed by atoms with Gasteiger partial charge in [0.25, 0.3) is 0 Å². The molecule has 6 heteroatoms. The number of nitrogens with two attached hydrogens (primary N) is 1. The molecular formula is C7H15NO5. The normalized spacial score (nSPS) is 10.9. The second kappa shape index (κ2) is 8.79. The van der Waals surface area contributed by atoms with Gasteiger partial charge >= 0.3 is 12.1 Å². The minimum absolute atomic E-state index is 0.589. The topological polar surface area (TPSA) is 121 Å². The summed E-state index contributed by atoms with van der Waals surface area (Å²) in [7, 11) is 0. The molecular weight excluding hydrogens is 178 g/mol. The lowest BCUT2D eigenvalue weighted by Gasteiger charge is -2.02. The number of carboxylic acids is 1. The number of unbranched alkanes of at least 4 members (excludes halogenated alkanes) is 1. The molecule has 0 heterocycles. The van der Waals surface area contributed by atoms with E-state index in [1.54, 1.807) is 0 Å². The van der Waals surface area contributed by atoms with Crippen molar-refractivity contribution in [2.24, 2.45) is 5.73 Å². The van der Waals surface area contributed by atoms with Crippen LogP contribution in [0.2, 0.25) is 0 Å². The maximum Gasteiger partial charge on any atom is 0.503 e. The number of carboxylic acid groups (broad SMARTS) is 3. The lowest BCUT2D eigenvalue weighted by atomic mass is 10.1. The summed E-state index contributed by atoms with van der Waals surface area (Å²) in [6.07, 6.45) is 0.653. The molecule has 6 nitrogen and oxygen atoms in total. The molecule has 0 aliphatic rings. The van der Waals surface area contributed by atoms with Crippen molar-refractivity contribution in [3.8, 4) is 0 Å². The summed E-state index contributed by atoms with van der Waals surface area (Å²) in [6, 6.07) is -0.662. The molecule has 5 N–H and O–H groups in total. The van der Waals surface area contributed by atoms with Gasteiger partial charge in [0.2, 0.25) is 0 Å². The maximum atomic E-state index is 10.1. The molecule has 0 rings (SSSR count). The van der Waals surface area contributed by atoms with Crippen LogP contribution in [0.25, 0.3) is 0 Å². The average molecular weight is 193 g/mol. The first kappa shape index (κ1) is 14.2. The van der Waals surface area contributed by atoms with Crippen molar-refractivity contribution in [3.05, 3.63) is 0 Å². The maximum absolute atomic E-state index is 10.1. The molecule has 0 bridgehead atoms. The molecule has 0 aromatic carbocycles. The van der Waals surface area contributed by atoms with Crippen molar-refractivity contribution in [1.82, 2.24) is 0 Å². The fraction of sp³-hybridized carbons (Fsp3) is 0.714. The van der Waals surface area contributed by atoms with E-state index in [0.29, 0.717) is 6.42 Å². The second-order valence-corrected chi connectivity index (χ2v) is 2.37. The molecule has 0 aliphatic heterocycles. The summed E-state index contributed by atoms with van der Waals surface area (Å²) < 4.78 is 0. The molecule has 0 amide bonds. The van der Waals surface area contributed by atoms with Gasteiger partial charge in [-0.05, 0) is 6.42 Å². The Morgan fingerprint density at radius 2 is 1.69 bits per heavy atom. The van der Waals surface area contributed by atoms with E-state index in [4.69, 9.17) is 25.8 Å². The van der Waals surface area contributed by atoms with Gasteiger partial charge in [0.05, 0.1) is 0 Å². The van der Waals surface area contributed by atoms with E-state index in [0.717, 1.165) is 12.8 Å². The Hall–Kier alpha value is -1.30. The minimum Gasteiger partial charge on any atom is -0.480 e. The van der Waals surface area contributed by atoms with Crippen molar-refractivity contribution in [3.63, 3.8) is 0 Å². The highest BCUT2D eigenvalue weighted by Gasteiger charge is 2.08. The van der Waals surface area contributed by atoms with Crippen molar-refractivity contribution in [2.45, 2.75) is 32.2 Å². The van der Waals surface area contributed by atoms with Gasteiger partial charge in [-0.25, -0.2) is 4.79 Å². The fourth-order valence-electron chi connectivity index (χ4n) is 0.548. The van der Waals surface area contributed by atoms with Gasteiger partial charge in [0, 0.05) is 0 Å². The third-order valence-corrected chi connectivity index (χ3v) is 1.19. The zero-order valence-electron chi connectivity index (χ0n) is 7.43. The van der Waals surface area contributed by atoms with E-state index in [2.05, 4.69) is 0 Å². The monoisotopic (exact) mass is 193 g/mol. The molecule has 0 spiro atoms. The Labute approximate surface area is 76.0 Å². The van der Waals surface area contributed by atoms with Crippen molar-refractivity contribution in [1.29, 1.82) is 0 Å². The zero-order chi connectivity index (χ0) is 10.9. The predicted molar refractivity (Wildman–Crippen MR) is 45.8 cm³/mol. The van der Waals surface area contributed by atoms with Crippen LogP contribution in [0.1, 0.15) is 26.2 Å². The lowest BCUT2D eigenvalue weighted by molar-refractivity contribution is -0.138. The van der Waals surface area contributed by atoms with E-state index >= 15 is 0 Å².